The zero-order chi connectivity index (χ0) is 12.8. The summed E-state index contributed by atoms with van der Waals surface area (Å²) in [5.41, 5.74) is 0.973. The summed E-state index contributed by atoms with van der Waals surface area (Å²) >= 11 is 0. The van der Waals surface area contributed by atoms with Gasteiger partial charge in [-0.2, -0.15) is 0 Å². The van der Waals surface area contributed by atoms with E-state index in [9.17, 15) is 4.79 Å². The molecule has 5 nitrogen and oxygen atoms in total. The molecule has 1 fully saturated rings. The Morgan fingerprint density at radius 2 is 2.17 bits per heavy atom. The first kappa shape index (κ1) is 12.7. The number of aromatic nitrogens is 1. The van der Waals surface area contributed by atoms with E-state index in [0.717, 1.165) is 31.5 Å². The van der Waals surface area contributed by atoms with Gasteiger partial charge in [-0.1, -0.05) is 6.07 Å². The lowest BCUT2D eigenvalue weighted by Crippen LogP contribution is -2.42. The second-order valence-corrected chi connectivity index (χ2v) is 4.42. The van der Waals surface area contributed by atoms with Crippen molar-refractivity contribution in [1.29, 1.82) is 0 Å². The molecule has 1 aliphatic rings. The van der Waals surface area contributed by atoms with Crippen molar-refractivity contribution in [2.45, 2.75) is 25.8 Å². The monoisotopic (exact) mass is 249 g/mol. The van der Waals surface area contributed by atoms with E-state index in [1.54, 1.807) is 19.4 Å². The molecule has 1 saturated heterocycles. The van der Waals surface area contributed by atoms with E-state index < -0.39 is 0 Å². The predicted octanol–water partition coefficient (Wildman–Crippen LogP) is 1.79. The molecule has 0 atom stereocenters. The number of amides is 2. The number of carbonyl (C=O) groups is 1. The van der Waals surface area contributed by atoms with E-state index in [1.807, 2.05) is 11.0 Å². The smallest absolute Gasteiger partial charge is 0.317 e. The third kappa shape index (κ3) is 3.35. The number of likely N-dealkylation sites (tertiary alicyclic amines) is 1. The van der Waals surface area contributed by atoms with Gasteiger partial charge in [0.2, 0.25) is 5.88 Å². The van der Waals surface area contributed by atoms with Gasteiger partial charge >= 0.3 is 6.03 Å². The fraction of sp³-hybridized carbons (Fsp3) is 0.538. The molecule has 0 saturated carbocycles. The maximum absolute atomic E-state index is 11.9. The molecule has 0 aromatic carbocycles. The minimum absolute atomic E-state index is 0.0190. The first-order valence-electron chi connectivity index (χ1n) is 6.31. The molecule has 0 bridgehead atoms. The SMILES string of the molecule is COc1ccc(CNC(=O)N2CCCCC2)cn1. The summed E-state index contributed by atoms with van der Waals surface area (Å²) in [6, 6.07) is 3.72. The Labute approximate surface area is 107 Å². The molecule has 5 heteroatoms. The molecule has 1 aromatic rings. The number of nitrogens with zero attached hydrogens (tertiary/aromatic N) is 2. The van der Waals surface area contributed by atoms with E-state index >= 15 is 0 Å². The van der Waals surface area contributed by atoms with Crippen LogP contribution in [0.4, 0.5) is 4.79 Å². The normalized spacial score (nSPS) is 15.3. The number of piperidine rings is 1. The van der Waals surface area contributed by atoms with Crippen molar-refractivity contribution < 1.29 is 9.53 Å². The number of carbonyl (C=O) groups excluding carboxylic acids is 1. The first-order valence-corrected chi connectivity index (χ1v) is 6.31. The fourth-order valence-corrected chi connectivity index (χ4v) is 2.02. The molecule has 1 N–H and O–H groups in total. The number of ether oxygens (including phenoxy) is 1. The molecule has 1 aromatic heterocycles. The zero-order valence-electron chi connectivity index (χ0n) is 10.7. The van der Waals surface area contributed by atoms with E-state index in [2.05, 4.69) is 10.3 Å². The van der Waals surface area contributed by atoms with Crippen LogP contribution >= 0.6 is 0 Å². The van der Waals surface area contributed by atoms with E-state index in [0.29, 0.717) is 12.4 Å². The molecule has 98 valence electrons. The third-order valence-electron chi connectivity index (χ3n) is 3.09. The van der Waals surface area contributed by atoms with Gasteiger partial charge in [0, 0.05) is 31.9 Å². The van der Waals surface area contributed by atoms with Gasteiger partial charge in [0.1, 0.15) is 0 Å². The van der Waals surface area contributed by atoms with E-state index in [4.69, 9.17) is 4.74 Å². The number of rotatable bonds is 3. The Hall–Kier alpha value is -1.78. The Morgan fingerprint density at radius 1 is 1.39 bits per heavy atom. The van der Waals surface area contributed by atoms with Crippen LogP contribution in [0.15, 0.2) is 18.3 Å². The topological polar surface area (TPSA) is 54.5 Å². The zero-order valence-corrected chi connectivity index (χ0v) is 10.7. The van der Waals surface area contributed by atoms with Crippen LogP contribution in [0.2, 0.25) is 0 Å². The summed E-state index contributed by atoms with van der Waals surface area (Å²) in [6.45, 7) is 2.24. The van der Waals surface area contributed by atoms with Gasteiger partial charge in [-0.25, -0.2) is 9.78 Å². The van der Waals surface area contributed by atoms with Crippen molar-refractivity contribution in [3.63, 3.8) is 0 Å². The Balaban J connectivity index is 1.80. The van der Waals surface area contributed by atoms with Crippen LogP contribution in [0.5, 0.6) is 5.88 Å². The van der Waals surface area contributed by atoms with Crippen LogP contribution in [0.1, 0.15) is 24.8 Å². The number of hydrogen-bond donors (Lipinski definition) is 1. The van der Waals surface area contributed by atoms with Gasteiger partial charge in [0.25, 0.3) is 0 Å². The second-order valence-electron chi connectivity index (χ2n) is 4.42. The van der Waals surface area contributed by atoms with Crippen molar-refractivity contribution in [2.24, 2.45) is 0 Å². The quantitative estimate of drug-likeness (QED) is 0.888. The lowest BCUT2D eigenvalue weighted by Gasteiger charge is -2.26. The molecular formula is C13H19N3O2. The molecule has 1 aliphatic heterocycles. The lowest BCUT2D eigenvalue weighted by molar-refractivity contribution is 0.186. The summed E-state index contributed by atoms with van der Waals surface area (Å²) in [6.07, 6.45) is 5.16. The number of urea groups is 1. The van der Waals surface area contributed by atoms with E-state index in [1.165, 1.54) is 6.42 Å². The van der Waals surface area contributed by atoms with Crippen molar-refractivity contribution in [1.82, 2.24) is 15.2 Å². The maximum atomic E-state index is 11.9. The highest BCUT2D eigenvalue weighted by Gasteiger charge is 2.15. The molecule has 2 rings (SSSR count). The Bertz CT molecular complexity index is 386. The summed E-state index contributed by atoms with van der Waals surface area (Å²) in [4.78, 5) is 17.8. The first-order chi connectivity index (χ1) is 8.79. The van der Waals surface area contributed by atoms with Gasteiger partial charge in [0.15, 0.2) is 0 Å². The molecule has 0 unspecified atom stereocenters. The van der Waals surface area contributed by atoms with E-state index in [-0.39, 0.29) is 6.03 Å². The van der Waals surface area contributed by atoms with Crippen LogP contribution in [0.3, 0.4) is 0 Å². The van der Waals surface area contributed by atoms with Crippen molar-refractivity contribution in [3.8, 4) is 5.88 Å². The molecular weight excluding hydrogens is 230 g/mol. The highest BCUT2D eigenvalue weighted by atomic mass is 16.5. The summed E-state index contributed by atoms with van der Waals surface area (Å²) in [5.74, 6) is 0.584. The summed E-state index contributed by atoms with van der Waals surface area (Å²) in [7, 11) is 1.58. The van der Waals surface area contributed by atoms with Crippen LogP contribution in [0, 0.1) is 0 Å². The maximum Gasteiger partial charge on any atom is 0.317 e. The number of hydrogen-bond acceptors (Lipinski definition) is 3. The molecule has 18 heavy (non-hydrogen) atoms. The molecule has 2 amide bonds. The largest absolute Gasteiger partial charge is 0.481 e. The number of pyridine rings is 1. The van der Waals surface area contributed by atoms with Gasteiger partial charge in [-0.05, 0) is 24.8 Å². The van der Waals surface area contributed by atoms with Crippen molar-refractivity contribution >= 4 is 6.03 Å². The average Bonchev–Trinajstić information content (AvgIpc) is 2.46. The molecule has 0 aliphatic carbocycles. The third-order valence-corrected chi connectivity index (χ3v) is 3.09. The van der Waals surface area contributed by atoms with Crippen molar-refractivity contribution in [2.75, 3.05) is 20.2 Å². The number of nitrogens with one attached hydrogen (secondary N) is 1. The van der Waals surface area contributed by atoms with Crippen LogP contribution in [-0.4, -0.2) is 36.1 Å². The van der Waals surface area contributed by atoms with Crippen LogP contribution in [0.25, 0.3) is 0 Å². The Morgan fingerprint density at radius 3 is 2.78 bits per heavy atom. The summed E-state index contributed by atoms with van der Waals surface area (Å²) in [5, 5.41) is 2.91. The summed E-state index contributed by atoms with van der Waals surface area (Å²) < 4.78 is 4.98. The second kappa shape index (κ2) is 6.23. The molecule has 2 heterocycles. The Kier molecular flexibility index (Phi) is 4.39. The van der Waals surface area contributed by atoms with Crippen molar-refractivity contribution in [3.05, 3.63) is 23.9 Å². The number of methoxy groups -OCH3 is 1. The fourth-order valence-electron chi connectivity index (χ4n) is 2.02. The minimum atomic E-state index is 0.0190. The molecule has 0 radical (unpaired) electrons. The lowest BCUT2D eigenvalue weighted by atomic mass is 10.1. The minimum Gasteiger partial charge on any atom is -0.481 e. The standard InChI is InChI=1S/C13H19N3O2/c1-18-12-6-5-11(9-14-12)10-15-13(17)16-7-3-2-4-8-16/h5-6,9H,2-4,7-8,10H2,1H3,(H,15,17). The van der Waals surface area contributed by atoms with Crippen LogP contribution < -0.4 is 10.1 Å². The predicted molar refractivity (Wildman–Crippen MR) is 68.4 cm³/mol. The highest BCUT2D eigenvalue weighted by Crippen LogP contribution is 2.09. The van der Waals surface area contributed by atoms with Gasteiger partial charge < -0.3 is 15.0 Å². The average molecular weight is 249 g/mol. The highest BCUT2D eigenvalue weighted by molar-refractivity contribution is 5.74. The molecule has 0 spiro atoms. The van der Waals surface area contributed by atoms with Gasteiger partial charge in [0.05, 0.1) is 7.11 Å². The van der Waals surface area contributed by atoms with Gasteiger partial charge in [-0.3, -0.25) is 0 Å². The van der Waals surface area contributed by atoms with Crippen LogP contribution in [-0.2, 0) is 6.54 Å². The van der Waals surface area contributed by atoms with Gasteiger partial charge in [-0.15, -0.1) is 0 Å².